The normalized spacial score (nSPS) is 14.9. The molecule has 0 bridgehead atoms. The summed E-state index contributed by atoms with van der Waals surface area (Å²) in [5.41, 5.74) is 0.533. The van der Waals surface area contributed by atoms with Gasteiger partial charge in [-0.2, -0.15) is 0 Å². The lowest BCUT2D eigenvalue weighted by Crippen LogP contribution is -2.29. The van der Waals surface area contributed by atoms with Crippen LogP contribution in [0.5, 0.6) is 0 Å². The van der Waals surface area contributed by atoms with Gasteiger partial charge in [0.1, 0.15) is 5.82 Å². The summed E-state index contributed by atoms with van der Waals surface area (Å²) in [6.07, 6.45) is 1.64. The smallest absolute Gasteiger partial charge is 0.141 e. The lowest BCUT2D eigenvalue weighted by Gasteiger charge is -2.25. The van der Waals surface area contributed by atoms with Gasteiger partial charge < -0.3 is 10.0 Å². The Hall–Kier alpha value is -1.00. The third kappa shape index (κ3) is 5.66. The van der Waals surface area contributed by atoms with E-state index < -0.39 is 6.10 Å². The highest BCUT2D eigenvalue weighted by molar-refractivity contribution is 5.08. The van der Waals surface area contributed by atoms with Crippen LogP contribution in [0.15, 0.2) is 18.3 Å². The Bertz CT molecular complexity index is 367. The van der Waals surface area contributed by atoms with E-state index in [2.05, 4.69) is 30.8 Å². The second-order valence-electron chi connectivity index (χ2n) is 5.77. The Balaban J connectivity index is 2.48. The summed E-state index contributed by atoms with van der Waals surface area (Å²) in [7, 11) is 2.06. The van der Waals surface area contributed by atoms with Crippen molar-refractivity contribution >= 4 is 0 Å². The zero-order chi connectivity index (χ0) is 14.4. The van der Waals surface area contributed by atoms with E-state index in [-0.39, 0.29) is 11.7 Å². The maximum absolute atomic E-state index is 12.8. The molecule has 2 unspecified atom stereocenters. The lowest BCUT2D eigenvalue weighted by atomic mass is 10.0. The van der Waals surface area contributed by atoms with Crippen LogP contribution in [0.25, 0.3) is 0 Å². The number of halogens is 1. The van der Waals surface area contributed by atoms with Gasteiger partial charge in [0, 0.05) is 12.5 Å². The molecule has 1 N–H and O–H groups in total. The number of aromatic nitrogens is 1. The average Bonchev–Trinajstić information content (AvgIpc) is 2.36. The molecule has 1 rings (SSSR count). The molecule has 0 amide bonds. The van der Waals surface area contributed by atoms with Crippen LogP contribution in [0.3, 0.4) is 0 Å². The van der Waals surface area contributed by atoms with Crippen molar-refractivity contribution in [2.75, 3.05) is 20.1 Å². The molecule has 0 fully saturated rings. The molecular formula is C15H25FN2O. The highest BCUT2D eigenvalue weighted by atomic mass is 19.1. The van der Waals surface area contributed by atoms with Crippen LogP contribution in [-0.4, -0.2) is 35.1 Å². The summed E-state index contributed by atoms with van der Waals surface area (Å²) in [6, 6.07) is 2.88. The summed E-state index contributed by atoms with van der Waals surface area (Å²) in [6.45, 7) is 8.21. The van der Waals surface area contributed by atoms with Crippen LogP contribution in [-0.2, 0) is 0 Å². The first-order valence-electron chi connectivity index (χ1n) is 6.88. The van der Waals surface area contributed by atoms with E-state index in [1.165, 1.54) is 6.07 Å². The molecule has 0 radical (unpaired) electrons. The fraction of sp³-hybridized carbons (Fsp3) is 0.667. The quantitative estimate of drug-likeness (QED) is 0.826. The second-order valence-corrected chi connectivity index (χ2v) is 5.77. The molecule has 0 aliphatic rings. The Morgan fingerprint density at radius 3 is 2.53 bits per heavy atom. The van der Waals surface area contributed by atoms with Gasteiger partial charge in [-0.25, -0.2) is 4.39 Å². The number of pyridine rings is 1. The number of rotatable bonds is 7. The first-order valence-corrected chi connectivity index (χ1v) is 6.88. The van der Waals surface area contributed by atoms with Crippen molar-refractivity contribution in [3.05, 3.63) is 29.8 Å². The lowest BCUT2D eigenvalue weighted by molar-refractivity contribution is 0.0902. The van der Waals surface area contributed by atoms with Crippen molar-refractivity contribution in [1.82, 2.24) is 9.88 Å². The van der Waals surface area contributed by atoms with Gasteiger partial charge in [0.25, 0.3) is 0 Å². The van der Waals surface area contributed by atoms with Crippen molar-refractivity contribution in [3.63, 3.8) is 0 Å². The molecular weight excluding hydrogens is 243 g/mol. The van der Waals surface area contributed by atoms with Crippen molar-refractivity contribution in [2.24, 2.45) is 11.8 Å². The summed E-state index contributed by atoms with van der Waals surface area (Å²) in [4.78, 5) is 6.16. The molecule has 0 spiro atoms. The Morgan fingerprint density at radius 2 is 2.00 bits per heavy atom. The van der Waals surface area contributed by atoms with E-state index in [9.17, 15) is 9.50 Å². The first kappa shape index (κ1) is 16.1. The Morgan fingerprint density at radius 1 is 1.32 bits per heavy atom. The minimum absolute atomic E-state index is 0.0649. The molecule has 19 heavy (non-hydrogen) atoms. The van der Waals surface area contributed by atoms with Crippen molar-refractivity contribution in [3.8, 4) is 0 Å². The van der Waals surface area contributed by atoms with E-state index in [4.69, 9.17) is 0 Å². The van der Waals surface area contributed by atoms with Gasteiger partial charge in [-0.05, 0) is 38.1 Å². The van der Waals surface area contributed by atoms with Gasteiger partial charge in [0.05, 0.1) is 18.0 Å². The zero-order valence-corrected chi connectivity index (χ0v) is 12.3. The molecule has 0 aliphatic heterocycles. The minimum atomic E-state index is -0.651. The highest BCUT2D eigenvalue weighted by Gasteiger charge is 2.19. The van der Waals surface area contributed by atoms with Gasteiger partial charge in [-0.1, -0.05) is 20.8 Å². The molecule has 0 saturated heterocycles. The van der Waals surface area contributed by atoms with E-state index in [0.29, 0.717) is 11.6 Å². The predicted octanol–water partition coefficient (Wildman–Crippen LogP) is 2.87. The topological polar surface area (TPSA) is 36.4 Å². The zero-order valence-electron chi connectivity index (χ0n) is 12.3. The van der Waals surface area contributed by atoms with E-state index in [1.54, 1.807) is 6.07 Å². The van der Waals surface area contributed by atoms with Crippen molar-refractivity contribution < 1.29 is 9.50 Å². The molecule has 0 aliphatic carbocycles. The van der Waals surface area contributed by atoms with Gasteiger partial charge in [0.15, 0.2) is 0 Å². The number of aliphatic hydroxyl groups is 1. The standard InChI is InChI=1S/C15H25FN2O/c1-11(2)7-8-18(4)10-12(3)15(19)14-6-5-13(16)9-17-14/h5-6,9,11-12,15,19H,7-8,10H2,1-4H3. The van der Waals surface area contributed by atoms with Gasteiger partial charge >= 0.3 is 0 Å². The predicted molar refractivity (Wildman–Crippen MR) is 75.3 cm³/mol. The number of hydrogen-bond donors (Lipinski definition) is 1. The minimum Gasteiger partial charge on any atom is -0.386 e. The van der Waals surface area contributed by atoms with Crippen LogP contribution in [0.1, 0.15) is 39.0 Å². The van der Waals surface area contributed by atoms with Crippen LogP contribution in [0.4, 0.5) is 4.39 Å². The molecule has 108 valence electrons. The van der Waals surface area contributed by atoms with Crippen LogP contribution in [0.2, 0.25) is 0 Å². The molecule has 0 aromatic carbocycles. The van der Waals surface area contributed by atoms with Crippen LogP contribution < -0.4 is 0 Å². The van der Waals surface area contributed by atoms with Crippen molar-refractivity contribution in [1.29, 1.82) is 0 Å². The number of aliphatic hydroxyl groups excluding tert-OH is 1. The second kappa shape index (κ2) is 7.56. The molecule has 0 saturated carbocycles. The maximum Gasteiger partial charge on any atom is 0.141 e. The van der Waals surface area contributed by atoms with Gasteiger partial charge in [0.2, 0.25) is 0 Å². The fourth-order valence-electron chi connectivity index (χ4n) is 2.02. The maximum atomic E-state index is 12.8. The third-order valence-electron chi connectivity index (χ3n) is 3.28. The summed E-state index contributed by atoms with van der Waals surface area (Å²) >= 11 is 0. The number of hydrogen-bond acceptors (Lipinski definition) is 3. The van der Waals surface area contributed by atoms with E-state index in [0.717, 1.165) is 25.7 Å². The Labute approximate surface area is 115 Å². The first-order chi connectivity index (χ1) is 8.90. The number of nitrogens with zero attached hydrogens (tertiary/aromatic N) is 2. The van der Waals surface area contributed by atoms with E-state index in [1.807, 2.05) is 6.92 Å². The molecule has 3 nitrogen and oxygen atoms in total. The van der Waals surface area contributed by atoms with Crippen molar-refractivity contribution in [2.45, 2.75) is 33.3 Å². The summed E-state index contributed by atoms with van der Waals surface area (Å²) in [5, 5.41) is 10.2. The van der Waals surface area contributed by atoms with E-state index >= 15 is 0 Å². The van der Waals surface area contributed by atoms with Crippen LogP contribution >= 0.6 is 0 Å². The van der Waals surface area contributed by atoms with Gasteiger partial charge in [-0.3, -0.25) is 4.98 Å². The molecule has 1 aromatic rings. The molecule has 2 atom stereocenters. The monoisotopic (exact) mass is 268 g/mol. The average molecular weight is 268 g/mol. The van der Waals surface area contributed by atoms with Gasteiger partial charge in [-0.15, -0.1) is 0 Å². The Kier molecular flexibility index (Phi) is 6.38. The molecule has 1 heterocycles. The highest BCUT2D eigenvalue weighted by Crippen LogP contribution is 2.20. The summed E-state index contributed by atoms with van der Waals surface area (Å²) < 4.78 is 12.8. The molecule has 4 heteroatoms. The third-order valence-corrected chi connectivity index (χ3v) is 3.28. The molecule has 1 aromatic heterocycles. The SMILES string of the molecule is CC(C)CCN(C)CC(C)C(O)c1ccc(F)cn1. The largest absolute Gasteiger partial charge is 0.386 e. The van der Waals surface area contributed by atoms with Crippen LogP contribution in [0, 0.1) is 17.7 Å². The summed E-state index contributed by atoms with van der Waals surface area (Å²) in [5.74, 6) is 0.370. The fourth-order valence-corrected chi connectivity index (χ4v) is 2.02.